The molecule has 62 valence electrons. The van der Waals surface area contributed by atoms with Gasteiger partial charge in [0.2, 0.25) is 0 Å². The second-order valence-corrected chi connectivity index (χ2v) is 5.30. The normalized spacial score (nSPS) is 13.5. The van der Waals surface area contributed by atoms with Crippen LogP contribution < -0.4 is 11.2 Å². The first-order valence-corrected chi connectivity index (χ1v) is 6.24. The summed E-state index contributed by atoms with van der Waals surface area (Å²) in [4.78, 5) is 0. The van der Waals surface area contributed by atoms with E-state index < -0.39 is 7.27 Å². The van der Waals surface area contributed by atoms with Gasteiger partial charge >= 0.3 is 0 Å². The van der Waals surface area contributed by atoms with Crippen LogP contribution in [0.15, 0.2) is 0 Å². The molecule has 0 bridgehead atoms. The van der Waals surface area contributed by atoms with Gasteiger partial charge in [0.05, 0.1) is 19.0 Å². The first-order chi connectivity index (χ1) is 4.81. The molecule has 2 nitrogen and oxygen atoms in total. The fourth-order valence-electron chi connectivity index (χ4n) is 0.623. The molecule has 0 aliphatic rings. The van der Waals surface area contributed by atoms with E-state index in [0.717, 1.165) is 32.0 Å². The van der Waals surface area contributed by atoms with Crippen molar-refractivity contribution in [3.8, 4) is 0 Å². The van der Waals surface area contributed by atoms with Crippen LogP contribution in [0.4, 0.5) is 3.89 Å². The summed E-state index contributed by atoms with van der Waals surface area (Å²) in [5.74, 6) is 0. The van der Waals surface area contributed by atoms with E-state index in [1.165, 1.54) is 0 Å². The molecule has 0 aliphatic heterocycles. The number of hydrogen-bond donors (Lipinski definition) is 2. The first-order valence-electron chi connectivity index (χ1n) is 3.32. The highest BCUT2D eigenvalue weighted by molar-refractivity contribution is 8.52. The number of halogens is 1. The summed E-state index contributed by atoms with van der Waals surface area (Å²) in [6.07, 6.45) is 3.93. The van der Waals surface area contributed by atoms with Gasteiger partial charge in [-0.05, 0) is 25.5 Å². The molecule has 0 aromatic carbocycles. The van der Waals surface area contributed by atoms with Gasteiger partial charge in [-0.1, -0.05) is 6.42 Å². The van der Waals surface area contributed by atoms with Crippen LogP contribution >= 0.6 is 19.0 Å². The van der Waals surface area contributed by atoms with Crippen LogP contribution in [0.2, 0.25) is 0 Å². The van der Waals surface area contributed by atoms with Crippen LogP contribution in [0.5, 0.6) is 0 Å². The summed E-state index contributed by atoms with van der Waals surface area (Å²) in [6.45, 7) is 0.727. The lowest BCUT2D eigenvalue weighted by Gasteiger charge is -2.03. The Labute approximate surface area is 66.8 Å². The molecule has 0 aliphatic carbocycles. The van der Waals surface area contributed by atoms with E-state index >= 15 is 0 Å². The zero-order valence-corrected chi connectivity index (χ0v) is 7.63. The van der Waals surface area contributed by atoms with Crippen molar-refractivity contribution in [1.82, 2.24) is 0 Å². The van der Waals surface area contributed by atoms with Crippen LogP contribution in [0.25, 0.3) is 0 Å². The molecule has 5 heteroatoms. The Hall–Kier alpha value is 0.630. The van der Waals surface area contributed by atoms with Gasteiger partial charge in [0.1, 0.15) is 0 Å². The van der Waals surface area contributed by atoms with Crippen molar-refractivity contribution in [2.75, 3.05) is 12.7 Å². The van der Waals surface area contributed by atoms with Crippen molar-refractivity contribution in [3.05, 3.63) is 0 Å². The summed E-state index contributed by atoms with van der Waals surface area (Å²) in [7, 11) is -0.886. The molecule has 0 spiro atoms. The Morgan fingerprint density at radius 1 is 1.30 bits per heavy atom. The zero-order valence-electron chi connectivity index (χ0n) is 5.92. The van der Waals surface area contributed by atoms with Gasteiger partial charge in [0.25, 0.3) is 0 Å². The predicted molar refractivity (Wildman–Crippen MR) is 47.6 cm³/mol. The van der Waals surface area contributed by atoms with Gasteiger partial charge < -0.3 is 5.73 Å². The van der Waals surface area contributed by atoms with Crippen molar-refractivity contribution in [1.29, 1.82) is 0 Å². The molecule has 0 rings (SSSR count). The summed E-state index contributed by atoms with van der Waals surface area (Å²) >= 11 is 0.294. The molecule has 0 saturated heterocycles. The summed E-state index contributed by atoms with van der Waals surface area (Å²) in [5.41, 5.74) is 10.6. The van der Waals surface area contributed by atoms with Crippen LogP contribution in [0.3, 0.4) is 0 Å². The van der Waals surface area contributed by atoms with Crippen molar-refractivity contribution in [3.63, 3.8) is 0 Å². The van der Waals surface area contributed by atoms with Crippen molar-refractivity contribution < 1.29 is 3.89 Å². The van der Waals surface area contributed by atoms with E-state index in [1.54, 1.807) is 0 Å². The van der Waals surface area contributed by atoms with E-state index in [4.69, 9.17) is 11.2 Å². The molecular formula is C5H14FN2PS. The average Bonchev–Trinajstić information content (AvgIpc) is 1.98. The van der Waals surface area contributed by atoms with Crippen molar-refractivity contribution in [2.24, 2.45) is 11.2 Å². The highest BCUT2D eigenvalue weighted by atomic mass is 32.7. The molecule has 0 heterocycles. The first kappa shape index (κ1) is 10.6. The minimum absolute atomic E-state index is 0.294. The summed E-state index contributed by atoms with van der Waals surface area (Å²) in [5, 5.41) is 0. The Morgan fingerprint density at radius 3 is 2.50 bits per heavy atom. The maximum atomic E-state index is 11.7. The lowest BCUT2D eigenvalue weighted by Crippen LogP contribution is -1.98. The fourth-order valence-corrected chi connectivity index (χ4v) is 1.82. The lowest BCUT2D eigenvalue weighted by atomic mass is 10.2. The minimum Gasteiger partial charge on any atom is -0.330 e. The quantitative estimate of drug-likeness (QED) is 0.490. The molecule has 0 amide bonds. The monoisotopic (exact) mass is 184 g/mol. The molecule has 10 heavy (non-hydrogen) atoms. The molecule has 0 aromatic heterocycles. The third-order valence-corrected chi connectivity index (χ3v) is 3.19. The van der Waals surface area contributed by atoms with Crippen LogP contribution in [0, 0.1) is 0 Å². The van der Waals surface area contributed by atoms with Gasteiger partial charge in [0.15, 0.2) is 0 Å². The summed E-state index contributed by atoms with van der Waals surface area (Å²) < 4.78 is 11.7. The average molecular weight is 184 g/mol. The van der Waals surface area contributed by atoms with Crippen molar-refractivity contribution in [2.45, 2.75) is 19.3 Å². The van der Waals surface area contributed by atoms with E-state index in [1.807, 2.05) is 0 Å². The second-order valence-electron chi connectivity index (χ2n) is 2.06. The SMILES string of the molecule is NCCCCCP(N)SF. The molecular weight excluding hydrogens is 170 g/mol. The number of nitrogens with two attached hydrogens (primary N) is 2. The molecule has 0 radical (unpaired) electrons. The molecule has 0 fully saturated rings. The number of hydrogen-bond acceptors (Lipinski definition) is 3. The third-order valence-electron chi connectivity index (χ3n) is 1.17. The largest absolute Gasteiger partial charge is 0.330 e. The maximum absolute atomic E-state index is 11.7. The van der Waals surface area contributed by atoms with Gasteiger partial charge in [-0.2, -0.15) is 3.89 Å². The Bertz CT molecular complexity index is 76.7. The van der Waals surface area contributed by atoms with E-state index in [2.05, 4.69) is 0 Å². The summed E-state index contributed by atoms with van der Waals surface area (Å²) in [6, 6.07) is 0. The molecule has 1 atom stereocenters. The van der Waals surface area contributed by atoms with Crippen LogP contribution in [0.1, 0.15) is 19.3 Å². The van der Waals surface area contributed by atoms with Gasteiger partial charge in [0, 0.05) is 0 Å². The van der Waals surface area contributed by atoms with Gasteiger partial charge in [-0.15, -0.1) is 0 Å². The minimum atomic E-state index is -0.886. The fraction of sp³-hybridized carbons (Fsp3) is 1.00. The highest BCUT2D eigenvalue weighted by Crippen LogP contribution is 2.43. The molecule has 4 N–H and O–H groups in total. The molecule has 0 aromatic rings. The highest BCUT2D eigenvalue weighted by Gasteiger charge is 2.00. The van der Waals surface area contributed by atoms with Crippen LogP contribution in [-0.2, 0) is 0 Å². The predicted octanol–water partition coefficient (Wildman–Crippen LogP) is 2.00. The van der Waals surface area contributed by atoms with E-state index in [0.29, 0.717) is 11.8 Å². The standard InChI is InChI=1S/C5H14FN2PS/c6-10-9(8)5-3-1-2-4-7/h1-5,7-8H2. The lowest BCUT2D eigenvalue weighted by molar-refractivity contribution is 0.731. The Balaban J connectivity index is 2.89. The number of rotatable bonds is 6. The van der Waals surface area contributed by atoms with Crippen molar-refractivity contribution >= 4 is 19.0 Å². The van der Waals surface area contributed by atoms with E-state index in [9.17, 15) is 3.89 Å². The smallest absolute Gasteiger partial charge is 0.0865 e. The molecule has 1 unspecified atom stereocenters. The van der Waals surface area contributed by atoms with E-state index in [-0.39, 0.29) is 0 Å². The zero-order chi connectivity index (χ0) is 7.82. The molecule has 0 saturated carbocycles. The Kier molecular flexibility index (Phi) is 8.22. The third kappa shape index (κ3) is 6.75. The topological polar surface area (TPSA) is 52.0 Å². The maximum Gasteiger partial charge on any atom is 0.0865 e. The van der Waals surface area contributed by atoms with Gasteiger partial charge in [-0.25, -0.2) is 0 Å². The Morgan fingerprint density at radius 2 is 2.00 bits per heavy atom. The second kappa shape index (κ2) is 7.73. The number of unbranched alkanes of at least 4 members (excludes halogenated alkanes) is 2. The van der Waals surface area contributed by atoms with Gasteiger partial charge in [-0.3, -0.25) is 5.50 Å². The van der Waals surface area contributed by atoms with Crippen LogP contribution in [-0.4, -0.2) is 12.7 Å².